The van der Waals surface area contributed by atoms with Crippen LogP contribution in [-0.4, -0.2) is 45.3 Å². The number of likely N-dealkylation sites (tertiary alicyclic amines) is 1. The van der Waals surface area contributed by atoms with E-state index in [9.17, 15) is 4.79 Å². The molecule has 7 heteroatoms. The Morgan fingerprint density at radius 3 is 2.52 bits per heavy atom. The van der Waals surface area contributed by atoms with E-state index in [4.69, 9.17) is 17.0 Å². The lowest BCUT2D eigenvalue weighted by atomic mass is 10.2. The molecule has 1 amide bonds. The second-order valence-electron chi connectivity index (χ2n) is 6.19. The van der Waals surface area contributed by atoms with Gasteiger partial charge >= 0.3 is 0 Å². The number of benzene rings is 1. The minimum absolute atomic E-state index is 0.103. The van der Waals surface area contributed by atoms with Crippen molar-refractivity contribution in [3.8, 4) is 17.1 Å². The van der Waals surface area contributed by atoms with Gasteiger partial charge in [-0.2, -0.15) is 5.10 Å². The molecule has 0 spiro atoms. The van der Waals surface area contributed by atoms with E-state index < -0.39 is 0 Å². The molecule has 1 aromatic carbocycles. The van der Waals surface area contributed by atoms with Crippen molar-refractivity contribution in [1.29, 1.82) is 0 Å². The van der Waals surface area contributed by atoms with Crippen LogP contribution in [0.4, 0.5) is 0 Å². The fourth-order valence-corrected chi connectivity index (χ4v) is 3.30. The number of ether oxygens (including phenoxy) is 1. The molecule has 0 radical (unpaired) electrons. The van der Waals surface area contributed by atoms with Crippen molar-refractivity contribution in [2.75, 3.05) is 19.7 Å². The smallest absolute Gasteiger partial charge is 0.242 e. The van der Waals surface area contributed by atoms with Gasteiger partial charge in [-0.15, -0.1) is 0 Å². The van der Waals surface area contributed by atoms with Crippen LogP contribution in [0, 0.1) is 4.77 Å². The Morgan fingerprint density at radius 1 is 1.20 bits per heavy atom. The first-order valence-electron chi connectivity index (χ1n) is 8.85. The third kappa shape index (κ3) is 4.28. The Balaban J connectivity index is 1.79. The molecule has 1 saturated heterocycles. The van der Waals surface area contributed by atoms with Gasteiger partial charge in [0.2, 0.25) is 5.91 Å². The summed E-state index contributed by atoms with van der Waals surface area (Å²) in [5.74, 6) is 1.59. The van der Waals surface area contributed by atoms with Gasteiger partial charge in [-0.25, -0.2) is 0 Å². The van der Waals surface area contributed by atoms with Gasteiger partial charge in [0.1, 0.15) is 12.3 Å². The normalized spacial score (nSPS) is 15.0. The molecule has 0 unspecified atom stereocenters. The van der Waals surface area contributed by atoms with Crippen LogP contribution in [0.15, 0.2) is 24.3 Å². The number of aromatic amines is 1. The molecule has 134 valence electrons. The molecular weight excluding hydrogens is 336 g/mol. The van der Waals surface area contributed by atoms with Gasteiger partial charge < -0.3 is 9.64 Å². The van der Waals surface area contributed by atoms with Crippen LogP contribution in [0.3, 0.4) is 0 Å². The highest BCUT2D eigenvalue weighted by Gasteiger charge is 2.18. The lowest BCUT2D eigenvalue weighted by molar-refractivity contribution is -0.131. The zero-order valence-corrected chi connectivity index (χ0v) is 15.3. The fourth-order valence-electron chi connectivity index (χ4n) is 3.11. The van der Waals surface area contributed by atoms with E-state index in [1.165, 1.54) is 12.8 Å². The summed E-state index contributed by atoms with van der Waals surface area (Å²) in [7, 11) is 0. The van der Waals surface area contributed by atoms with Gasteiger partial charge in [0.15, 0.2) is 10.6 Å². The van der Waals surface area contributed by atoms with E-state index in [0.29, 0.717) is 17.2 Å². The summed E-state index contributed by atoms with van der Waals surface area (Å²) in [6.07, 6.45) is 4.56. The molecule has 0 bridgehead atoms. The van der Waals surface area contributed by atoms with E-state index >= 15 is 0 Å². The van der Waals surface area contributed by atoms with Crippen LogP contribution >= 0.6 is 12.2 Å². The molecule has 1 aromatic heterocycles. The maximum absolute atomic E-state index is 12.7. The maximum Gasteiger partial charge on any atom is 0.242 e. The Kier molecular flexibility index (Phi) is 5.86. The van der Waals surface area contributed by atoms with Crippen molar-refractivity contribution in [3.05, 3.63) is 29.0 Å². The minimum Gasteiger partial charge on any atom is -0.494 e. The van der Waals surface area contributed by atoms with Crippen molar-refractivity contribution in [2.24, 2.45) is 0 Å². The monoisotopic (exact) mass is 360 g/mol. The first-order valence-corrected chi connectivity index (χ1v) is 9.26. The van der Waals surface area contributed by atoms with Crippen LogP contribution in [0.2, 0.25) is 0 Å². The number of aromatic nitrogens is 3. The van der Waals surface area contributed by atoms with E-state index in [1.54, 1.807) is 4.57 Å². The Hall–Kier alpha value is -2.15. The second-order valence-corrected chi connectivity index (χ2v) is 6.58. The van der Waals surface area contributed by atoms with Crippen molar-refractivity contribution in [3.63, 3.8) is 0 Å². The summed E-state index contributed by atoms with van der Waals surface area (Å²) >= 11 is 5.34. The summed E-state index contributed by atoms with van der Waals surface area (Å²) in [6.45, 7) is 4.47. The van der Waals surface area contributed by atoms with Crippen molar-refractivity contribution >= 4 is 18.1 Å². The van der Waals surface area contributed by atoms with Crippen LogP contribution in [-0.2, 0) is 11.3 Å². The van der Waals surface area contributed by atoms with Gasteiger partial charge in [-0.1, -0.05) is 12.8 Å². The SMILES string of the molecule is CCOc1ccc(-c2n[nH]c(=S)n2CC(=O)N2CCCCCC2)cc1. The molecule has 1 aliphatic heterocycles. The number of rotatable bonds is 5. The Labute approximate surface area is 152 Å². The number of nitrogens with zero attached hydrogens (tertiary/aromatic N) is 3. The van der Waals surface area contributed by atoms with Crippen LogP contribution < -0.4 is 4.74 Å². The molecule has 1 N–H and O–H groups in total. The number of carbonyl (C=O) groups excluding carboxylic acids is 1. The molecule has 2 aromatic rings. The molecule has 3 rings (SSSR count). The maximum atomic E-state index is 12.7. The van der Waals surface area contributed by atoms with Crippen molar-refractivity contribution in [1.82, 2.24) is 19.7 Å². The number of nitrogens with one attached hydrogen (secondary N) is 1. The first-order chi connectivity index (χ1) is 12.2. The first kappa shape index (κ1) is 17.7. The quantitative estimate of drug-likeness (QED) is 0.830. The molecule has 0 saturated carbocycles. The largest absolute Gasteiger partial charge is 0.494 e. The predicted octanol–water partition coefficient (Wildman–Crippen LogP) is 3.41. The van der Waals surface area contributed by atoms with E-state index in [0.717, 1.165) is 37.2 Å². The molecule has 0 atom stereocenters. The van der Waals surface area contributed by atoms with E-state index in [-0.39, 0.29) is 12.5 Å². The summed E-state index contributed by atoms with van der Waals surface area (Å²) in [5.41, 5.74) is 0.902. The summed E-state index contributed by atoms with van der Waals surface area (Å²) in [5, 5.41) is 7.12. The summed E-state index contributed by atoms with van der Waals surface area (Å²) in [6, 6.07) is 7.67. The van der Waals surface area contributed by atoms with Crippen molar-refractivity contribution < 1.29 is 9.53 Å². The van der Waals surface area contributed by atoms with E-state index in [1.807, 2.05) is 36.1 Å². The van der Waals surface area contributed by atoms with Gasteiger partial charge in [0, 0.05) is 18.7 Å². The third-order valence-electron chi connectivity index (χ3n) is 4.43. The van der Waals surface area contributed by atoms with Crippen molar-refractivity contribution in [2.45, 2.75) is 39.2 Å². The predicted molar refractivity (Wildman–Crippen MR) is 99.1 cm³/mol. The number of hydrogen-bond donors (Lipinski definition) is 1. The standard InChI is InChI=1S/C18H24N4O2S/c1-2-24-15-9-7-14(8-10-15)17-19-20-18(25)22(17)13-16(23)21-11-5-3-4-6-12-21/h7-10H,2-6,11-13H2,1H3,(H,20,25). The van der Waals surface area contributed by atoms with Gasteiger partial charge in [-0.05, 0) is 56.2 Å². The number of carbonyl (C=O) groups is 1. The van der Waals surface area contributed by atoms with E-state index in [2.05, 4.69) is 10.2 Å². The number of amides is 1. The highest BCUT2D eigenvalue weighted by Crippen LogP contribution is 2.21. The van der Waals surface area contributed by atoms with Gasteiger partial charge in [0.05, 0.1) is 6.61 Å². The zero-order valence-electron chi connectivity index (χ0n) is 14.5. The Morgan fingerprint density at radius 2 is 1.88 bits per heavy atom. The highest BCUT2D eigenvalue weighted by molar-refractivity contribution is 7.71. The molecule has 1 fully saturated rings. The summed E-state index contributed by atoms with van der Waals surface area (Å²) in [4.78, 5) is 14.6. The molecule has 0 aliphatic carbocycles. The molecule has 2 heterocycles. The van der Waals surface area contributed by atoms with Gasteiger partial charge in [0.25, 0.3) is 0 Å². The molecular formula is C18H24N4O2S. The van der Waals surface area contributed by atoms with Crippen LogP contribution in [0.25, 0.3) is 11.4 Å². The van der Waals surface area contributed by atoms with Gasteiger partial charge in [-0.3, -0.25) is 14.5 Å². The minimum atomic E-state index is 0.103. The zero-order chi connectivity index (χ0) is 17.6. The highest BCUT2D eigenvalue weighted by atomic mass is 32.1. The van der Waals surface area contributed by atoms with Crippen LogP contribution in [0.1, 0.15) is 32.6 Å². The third-order valence-corrected chi connectivity index (χ3v) is 4.75. The second kappa shape index (κ2) is 8.29. The van der Waals surface area contributed by atoms with Crippen LogP contribution in [0.5, 0.6) is 5.75 Å². The number of H-pyrrole nitrogens is 1. The molecule has 6 nitrogen and oxygen atoms in total. The molecule has 1 aliphatic rings. The summed E-state index contributed by atoms with van der Waals surface area (Å²) < 4.78 is 7.71. The average Bonchev–Trinajstić information content (AvgIpc) is 2.83. The average molecular weight is 360 g/mol. The number of hydrogen-bond acceptors (Lipinski definition) is 4. The fraction of sp³-hybridized carbons (Fsp3) is 0.500. The molecule has 25 heavy (non-hydrogen) atoms. The lowest BCUT2D eigenvalue weighted by Gasteiger charge is -2.20. The Bertz CT molecular complexity index is 758. The topological polar surface area (TPSA) is 63.1 Å². The lowest BCUT2D eigenvalue weighted by Crippen LogP contribution is -2.34.